The Morgan fingerprint density at radius 3 is 2.80 bits per heavy atom. The zero-order chi connectivity index (χ0) is 14.7. The first-order valence-electron chi connectivity index (χ1n) is 6.49. The monoisotopic (exact) mass is 276 g/mol. The van der Waals surface area contributed by atoms with Crippen LogP contribution in [-0.4, -0.2) is 22.4 Å². The molecule has 20 heavy (non-hydrogen) atoms. The Morgan fingerprint density at radius 2 is 2.15 bits per heavy atom. The van der Waals surface area contributed by atoms with E-state index in [1.807, 2.05) is 13.8 Å². The third-order valence-corrected chi connectivity index (χ3v) is 3.12. The predicted molar refractivity (Wildman–Crippen MR) is 73.3 cm³/mol. The van der Waals surface area contributed by atoms with Crippen molar-refractivity contribution in [3.05, 3.63) is 47.0 Å². The molecule has 4 nitrogen and oxygen atoms in total. The molecule has 2 aromatic rings. The molecule has 0 bridgehead atoms. The standard InChI is InChI=1S/C15H17FN2O2/c1-4-20-15(19)9-14-10(2)17-18(11(14)3)13-7-5-6-12(16)8-13/h5-8H,4,9H2,1-3H3. The van der Waals surface area contributed by atoms with Gasteiger partial charge in [-0.2, -0.15) is 5.10 Å². The Kier molecular flexibility index (Phi) is 4.17. The number of aryl methyl sites for hydroxylation is 1. The number of halogens is 1. The third kappa shape index (κ3) is 2.87. The molecule has 0 aliphatic rings. The highest BCUT2D eigenvalue weighted by atomic mass is 19.1. The molecule has 0 saturated carbocycles. The van der Waals surface area contributed by atoms with Gasteiger partial charge in [0.2, 0.25) is 0 Å². The van der Waals surface area contributed by atoms with Crippen molar-refractivity contribution < 1.29 is 13.9 Å². The molecule has 0 spiro atoms. The molecule has 1 heterocycles. The Morgan fingerprint density at radius 1 is 1.40 bits per heavy atom. The number of carbonyl (C=O) groups is 1. The normalized spacial score (nSPS) is 10.6. The molecule has 5 heteroatoms. The van der Waals surface area contributed by atoms with E-state index in [4.69, 9.17) is 4.74 Å². The van der Waals surface area contributed by atoms with E-state index in [0.29, 0.717) is 12.3 Å². The van der Waals surface area contributed by atoms with Crippen LogP contribution in [0, 0.1) is 19.7 Å². The largest absolute Gasteiger partial charge is 0.466 e. The van der Waals surface area contributed by atoms with Crippen LogP contribution in [0.25, 0.3) is 5.69 Å². The van der Waals surface area contributed by atoms with Crippen molar-refractivity contribution in [3.8, 4) is 5.69 Å². The maximum absolute atomic E-state index is 13.3. The van der Waals surface area contributed by atoms with Crippen LogP contribution in [0.1, 0.15) is 23.9 Å². The molecule has 0 radical (unpaired) electrons. The van der Waals surface area contributed by atoms with Gasteiger partial charge in [0, 0.05) is 11.3 Å². The minimum atomic E-state index is -0.318. The lowest BCUT2D eigenvalue weighted by Crippen LogP contribution is -2.09. The molecule has 0 aliphatic carbocycles. The van der Waals surface area contributed by atoms with Crippen molar-refractivity contribution in [1.29, 1.82) is 0 Å². The number of hydrogen-bond donors (Lipinski definition) is 0. The summed E-state index contributed by atoms with van der Waals surface area (Å²) in [5.41, 5.74) is 3.04. The summed E-state index contributed by atoms with van der Waals surface area (Å²) in [6.45, 7) is 5.82. The summed E-state index contributed by atoms with van der Waals surface area (Å²) >= 11 is 0. The fraction of sp³-hybridized carbons (Fsp3) is 0.333. The van der Waals surface area contributed by atoms with E-state index in [0.717, 1.165) is 17.0 Å². The topological polar surface area (TPSA) is 44.1 Å². The van der Waals surface area contributed by atoms with Crippen LogP contribution in [0.2, 0.25) is 0 Å². The molecule has 0 unspecified atom stereocenters. The Labute approximate surface area is 117 Å². The number of aromatic nitrogens is 2. The quantitative estimate of drug-likeness (QED) is 0.806. The van der Waals surface area contributed by atoms with E-state index in [-0.39, 0.29) is 18.2 Å². The lowest BCUT2D eigenvalue weighted by atomic mass is 10.1. The van der Waals surface area contributed by atoms with Crippen LogP contribution in [0.4, 0.5) is 4.39 Å². The second kappa shape index (κ2) is 5.86. The second-order valence-corrected chi connectivity index (χ2v) is 4.52. The zero-order valence-corrected chi connectivity index (χ0v) is 11.8. The van der Waals surface area contributed by atoms with Crippen LogP contribution in [0.15, 0.2) is 24.3 Å². The lowest BCUT2D eigenvalue weighted by molar-refractivity contribution is -0.142. The van der Waals surface area contributed by atoms with E-state index in [1.165, 1.54) is 12.1 Å². The summed E-state index contributed by atoms with van der Waals surface area (Å²) in [5, 5.41) is 4.38. The van der Waals surface area contributed by atoms with E-state index >= 15 is 0 Å². The molecule has 0 atom stereocenters. The van der Waals surface area contributed by atoms with Crippen molar-refractivity contribution in [2.45, 2.75) is 27.2 Å². The predicted octanol–water partition coefficient (Wildman–Crippen LogP) is 2.73. The Hall–Kier alpha value is -2.17. The van der Waals surface area contributed by atoms with Crippen LogP contribution in [0.5, 0.6) is 0 Å². The molecular weight excluding hydrogens is 259 g/mol. The molecule has 0 fully saturated rings. The van der Waals surface area contributed by atoms with Crippen molar-refractivity contribution in [2.24, 2.45) is 0 Å². The fourth-order valence-electron chi connectivity index (χ4n) is 2.15. The average molecular weight is 276 g/mol. The molecule has 0 amide bonds. The number of carbonyl (C=O) groups excluding carboxylic acids is 1. The van der Waals surface area contributed by atoms with Crippen molar-refractivity contribution in [2.75, 3.05) is 6.61 Å². The fourth-order valence-corrected chi connectivity index (χ4v) is 2.15. The van der Waals surface area contributed by atoms with Gasteiger partial charge in [-0.1, -0.05) is 6.07 Å². The zero-order valence-electron chi connectivity index (χ0n) is 11.8. The van der Waals surface area contributed by atoms with E-state index in [1.54, 1.807) is 23.7 Å². The molecule has 0 saturated heterocycles. The number of ether oxygens (including phenoxy) is 1. The van der Waals surface area contributed by atoms with Crippen LogP contribution < -0.4 is 0 Å². The van der Waals surface area contributed by atoms with Gasteiger partial charge < -0.3 is 4.74 Å². The first kappa shape index (κ1) is 14.2. The first-order valence-corrected chi connectivity index (χ1v) is 6.49. The number of benzene rings is 1. The minimum absolute atomic E-state index is 0.181. The Bertz CT molecular complexity index is 635. The average Bonchev–Trinajstić information content (AvgIpc) is 2.67. The van der Waals surface area contributed by atoms with E-state index in [9.17, 15) is 9.18 Å². The summed E-state index contributed by atoms with van der Waals surface area (Å²) in [5.74, 6) is -0.598. The number of esters is 1. The van der Waals surface area contributed by atoms with Crippen LogP contribution >= 0.6 is 0 Å². The molecule has 106 valence electrons. The van der Waals surface area contributed by atoms with Gasteiger partial charge in [-0.15, -0.1) is 0 Å². The van der Waals surface area contributed by atoms with Crippen LogP contribution in [-0.2, 0) is 16.0 Å². The molecule has 0 aliphatic heterocycles. The Balaban J connectivity index is 2.36. The number of rotatable bonds is 4. The lowest BCUT2D eigenvalue weighted by Gasteiger charge is -2.05. The third-order valence-electron chi connectivity index (χ3n) is 3.12. The van der Waals surface area contributed by atoms with Gasteiger partial charge in [-0.3, -0.25) is 4.79 Å². The first-order chi connectivity index (χ1) is 9.52. The number of hydrogen-bond acceptors (Lipinski definition) is 3. The smallest absolute Gasteiger partial charge is 0.310 e. The maximum Gasteiger partial charge on any atom is 0.310 e. The SMILES string of the molecule is CCOC(=O)Cc1c(C)nn(-c2cccc(F)c2)c1C. The van der Waals surface area contributed by atoms with Gasteiger partial charge in [0.05, 0.1) is 24.4 Å². The summed E-state index contributed by atoms with van der Waals surface area (Å²) in [6, 6.07) is 6.20. The molecule has 0 N–H and O–H groups in total. The van der Waals surface area contributed by atoms with Gasteiger partial charge in [-0.05, 0) is 39.0 Å². The van der Waals surface area contributed by atoms with Gasteiger partial charge in [0.1, 0.15) is 5.82 Å². The summed E-state index contributed by atoms with van der Waals surface area (Å²) < 4.78 is 19.9. The van der Waals surface area contributed by atoms with Crippen molar-refractivity contribution >= 4 is 5.97 Å². The summed E-state index contributed by atoms with van der Waals surface area (Å²) in [7, 11) is 0. The molecule has 2 rings (SSSR count). The summed E-state index contributed by atoms with van der Waals surface area (Å²) in [4.78, 5) is 11.6. The number of nitrogens with zero attached hydrogens (tertiary/aromatic N) is 2. The summed E-state index contributed by atoms with van der Waals surface area (Å²) in [6.07, 6.45) is 0.181. The highest BCUT2D eigenvalue weighted by molar-refractivity contribution is 5.73. The highest BCUT2D eigenvalue weighted by Crippen LogP contribution is 2.19. The van der Waals surface area contributed by atoms with Gasteiger partial charge >= 0.3 is 5.97 Å². The van der Waals surface area contributed by atoms with Gasteiger partial charge in [0.25, 0.3) is 0 Å². The van der Waals surface area contributed by atoms with Gasteiger partial charge in [-0.25, -0.2) is 9.07 Å². The van der Waals surface area contributed by atoms with Gasteiger partial charge in [0.15, 0.2) is 0 Å². The molecule has 1 aromatic carbocycles. The van der Waals surface area contributed by atoms with E-state index in [2.05, 4.69) is 5.10 Å². The second-order valence-electron chi connectivity index (χ2n) is 4.52. The maximum atomic E-state index is 13.3. The van der Waals surface area contributed by atoms with Crippen molar-refractivity contribution in [1.82, 2.24) is 9.78 Å². The van der Waals surface area contributed by atoms with Crippen molar-refractivity contribution in [3.63, 3.8) is 0 Å². The molecular formula is C15H17FN2O2. The minimum Gasteiger partial charge on any atom is -0.466 e. The van der Waals surface area contributed by atoms with E-state index < -0.39 is 0 Å². The highest BCUT2D eigenvalue weighted by Gasteiger charge is 2.16. The van der Waals surface area contributed by atoms with Crippen LogP contribution in [0.3, 0.4) is 0 Å². The molecule has 1 aromatic heterocycles.